The minimum atomic E-state index is -0.797. The molecule has 2 amide bonds. The van der Waals surface area contributed by atoms with Gasteiger partial charge in [0.25, 0.3) is 0 Å². The fourth-order valence-corrected chi connectivity index (χ4v) is 8.00. The Kier molecular flexibility index (Phi) is 10.6. The standard InChI is InChI=1S/C38H50N2O5/c1-5-26(20-28-18-24(3)36(43)25(4)19-28)12-13-33(42)34-29(6-2)21-31-35(32(34)23-41)38(45)40(37(31)44)30-14-16-39(17-15-30)22-27-10-8-7-9-11-27/h7-11,18-20,30-33,35,41-43H,5-6,12-17,21-23H2,1-4H3/b26-20+/t31-,32+,33-,35-/m1/s1. The lowest BCUT2D eigenvalue weighted by molar-refractivity contribution is -0.144. The fourth-order valence-electron chi connectivity index (χ4n) is 8.00. The Morgan fingerprint density at radius 2 is 1.69 bits per heavy atom. The Bertz CT molecular complexity index is 1420. The molecule has 7 heteroatoms. The second-order valence-corrected chi connectivity index (χ2v) is 13.3. The van der Waals surface area contributed by atoms with Gasteiger partial charge in [-0.25, -0.2) is 0 Å². The van der Waals surface area contributed by atoms with E-state index in [1.54, 1.807) is 4.90 Å². The predicted molar refractivity (Wildman–Crippen MR) is 177 cm³/mol. The molecule has 2 fully saturated rings. The molecule has 2 aromatic carbocycles. The van der Waals surface area contributed by atoms with Crippen LogP contribution >= 0.6 is 0 Å². The van der Waals surface area contributed by atoms with Crippen molar-refractivity contribution >= 4 is 17.9 Å². The van der Waals surface area contributed by atoms with Gasteiger partial charge in [-0.2, -0.15) is 0 Å². The van der Waals surface area contributed by atoms with Crippen LogP contribution in [0.2, 0.25) is 0 Å². The Balaban J connectivity index is 1.28. The number of rotatable bonds is 11. The molecule has 45 heavy (non-hydrogen) atoms. The molecule has 242 valence electrons. The first-order chi connectivity index (χ1) is 21.7. The van der Waals surface area contributed by atoms with Gasteiger partial charge in [0.15, 0.2) is 0 Å². The highest BCUT2D eigenvalue weighted by Gasteiger charge is 2.56. The van der Waals surface area contributed by atoms with Crippen LogP contribution in [0.5, 0.6) is 5.75 Å². The van der Waals surface area contributed by atoms with Crippen molar-refractivity contribution < 1.29 is 24.9 Å². The molecule has 7 nitrogen and oxygen atoms in total. The number of aromatic hydroxyl groups is 1. The van der Waals surface area contributed by atoms with Crippen molar-refractivity contribution in [3.8, 4) is 5.75 Å². The topological polar surface area (TPSA) is 101 Å². The Morgan fingerprint density at radius 3 is 2.29 bits per heavy atom. The van der Waals surface area contributed by atoms with Gasteiger partial charge >= 0.3 is 0 Å². The van der Waals surface area contributed by atoms with Crippen LogP contribution in [0.15, 0.2) is 59.2 Å². The summed E-state index contributed by atoms with van der Waals surface area (Å²) in [6, 6.07) is 14.2. The molecular formula is C38H50N2O5. The van der Waals surface area contributed by atoms with Crippen LogP contribution in [0.3, 0.4) is 0 Å². The normalized spacial score (nSPS) is 24.0. The van der Waals surface area contributed by atoms with Crippen LogP contribution in [0.4, 0.5) is 0 Å². The molecule has 0 saturated carbocycles. The van der Waals surface area contributed by atoms with Gasteiger partial charge in [0, 0.05) is 31.6 Å². The van der Waals surface area contributed by atoms with E-state index in [1.807, 2.05) is 51.1 Å². The predicted octanol–water partition coefficient (Wildman–Crippen LogP) is 5.93. The maximum atomic E-state index is 14.0. The van der Waals surface area contributed by atoms with Crippen molar-refractivity contribution in [2.75, 3.05) is 19.7 Å². The number of phenolic OH excluding ortho intramolecular Hbond substituents is 1. The zero-order chi connectivity index (χ0) is 32.2. The van der Waals surface area contributed by atoms with Crippen LogP contribution < -0.4 is 0 Å². The maximum absolute atomic E-state index is 14.0. The summed E-state index contributed by atoms with van der Waals surface area (Å²) in [5.41, 5.74) is 6.92. The number of allylic oxidation sites excluding steroid dienone is 2. The summed E-state index contributed by atoms with van der Waals surface area (Å²) in [6.07, 6.45) is 5.96. The van der Waals surface area contributed by atoms with E-state index in [4.69, 9.17) is 0 Å². The number of carbonyl (C=O) groups is 2. The van der Waals surface area contributed by atoms with E-state index in [9.17, 15) is 24.9 Å². The van der Waals surface area contributed by atoms with Gasteiger partial charge in [-0.1, -0.05) is 61.4 Å². The van der Waals surface area contributed by atoms with Crippen molar-refractivity contribution in [1.29, 1.82) is 0 Å². The molecule has 3 aliphatic rings. The van der Waals surface area contributed by atoms with Crippen molar-refractivity contribution in [2.24, 2.45) is 17.8 Å². The number of aliphatic hydroxyl groups is 2. The first-order valence-electron chi connectivity index (χ1n) is 16.8. The number of hydrogen-bond donors (Lipinski definition) is 3. The summed E-state index contributed by atoms with van der Waals surface area (Å²) >= 11 is 0. The van der Waals surface area contributed by atoms with E-state index in [2.05, 4.69) is 30.0 Å². The minimum Gasteiger partial charge on any atom is -0.507 e. The van der Waals surface area contributed by atoms with Crippen LogP contribution in [-0.2, 0) is 16.1 Å². The summed E-state index contributed by atoms with van der Waals surface area (Å²) in [6.45, 7) is 10.2. The second kappa shape index (κ2) is 14.4. The van der Waals surface area contributed by atoms with Gasteiger partial charge in [-0.05, 0) is 98.8 Å². The van der Waals surface area contributed by atoms with E-state index >= 15 is 0 Å². The number of imide groups is 1. The summed E-state index contributed by atoms with van der Waals surface area (Å²) < 4.78 is 0. The number of aryl methyl sites for hydroxylation is 2. The van der Waals surface area contributed by atoms with Crippen LogP contribution in [0.1, 0.15) is 81.0 Å². The number of benzene rings is 2. The zero-order valence-electron chi connectivity index (χ0n) is 27.3. The van der Waals surface area contributed by atoms with E-state index in [1.165, 1.54) is 11.1 Å². The lowest BCUT2D eigenvalue weighted by atomic mass is 9.67. The summed E-state index contributed by atoms with van der Waals surface area (Å²) in [4.78, 5) is 31.7. The summed E-state index contributed by atoms with van der Waals surface area (Å²) in [5.74, 6) is -1.58. The second-order valence-electron chi connectivity index (χ2n) is 13.3. The Morgan fingerprint density at radius 1 is 1.02 bits per heavy atom. The fraction of sp³-hybridized carbons (Fsp3) is 0.526. The molecule has 1 aliphatic carbocycles. The third kappa shape index (κ3) is 6.96. The number of nitrogens with zero attached hydrogens (tertiary/aromatic N) is 2. The van der Waals surface area contributed by atoms with Gasteiger partial charge < -0.3 is 15.3 Å². The number of likely N-dealkylation sites (tertiary alicyclic amines) is 2. The monoisotopic (exact) mass is 614 g/mol. The molecule has 0 spiro atoms. The number of phenols is 1. The summed E-state index contributed by atoms with van der Waals surface area (Å²) in [7, 11) is 0. The molecule has 2 heterocycles. The molecular weight excluding hydrogens is 564 g/mol. The quantitative estimate of drug-likeness (QED) is 0.214. The molecule has 2 aromatic rings. The number of amides is 2. The van der Waals surface area contributed by atoms with Crippen LogP contribution in [-0.4, -0.2) is 68.8 Å². The molecule has 4 atom stereocenters. The van der Waals surface area contributed by atoms with Crippen molar-refractivity contribution in [1.82, 2.24) is 9.80 Å². The average Bonchev–Trinajstić information content (AvgIpc) is 3.30. The third-order valence-corrected chi connectivity index (χ3v) is 10.4. The van der Waals surface area contributed by atoms with Crippen molar-refractivity contribution in [2.45, 2.75) is 91.3 Å². The molecule has 3 N–H and O–H groups in total. The molecule has 0 aromatic heterocycles. The van der Waals surface area contributed by atoms with Gasteiger partial charge in [-0.3, -0.25) is 19.4 Å². The molecule has 0 bridgehead atoms. The van der Waals surface area contributed by atoms with Gasteiger partial charge in [0.05, 0.1) is 24.5 Å². The Hall–Kier alpha value is -3.26. The average molecular weight is 615 g/mol. The van der Waals surface area contributed by atoms with Crippen LogP contribution in [0.25, 0.3) is 6.08 Å². The number of hydrogen-bond acceptors (Lipinski definition) is 6. The largest absolute Gasteiger partial charge is 0.507 e. The number of fused-ring (bicyclic) bond motifs is 1. The first-order valence-corrected chi connectivity index (χ1v) is 16.8. The SMILES string of the molecule is CCC1=C([C@H](O)CC/C(=C/c2cc(C)c(O)c(C)c2)CC)[C@H](CO)[C@@H]2C(=O)N(C3CCN(Cc4ccccc4)CC3)C(=O)[C@@H]2C1. The maximum Gasteiger partial charge on any atom is 0.234 e. The third-order valence-electron chi connectivity index (χ3n) is 10.4. The van der Waals surface area contributed by atoms with E-state index in [0.29, 0.717) is 31.4 Å². The first kappa shape index (κ1) is 33.1. The minimum absolute atomic E-state index is 0.0971. The highest BCUT2D eigenvalue weighted by Crippen LogP contribution is 2.48. The lowest BCUT2D eigenvalue weighted by Crippen LogP contribution is -2.47. The van der Waals surface area contributed by atoms with Crippen molar-refractivity contribution in [3.63, 3.8) is 0 Å². The summed E-state index contributed by atoms with van der Waals surface area (Å²) in [5, 5.41) is 32.4. The van der Waals surface area contributed by atoms with Gasteiger partial charge in [0.2, 0.25) is 11.8 Å². The van der Waals surface area contributed by atoms with Gasteiger partial charge in [0.1, 0.15) is 5.75 Å². The lowest BCUT2D eigenvalue weighted by Gasteiger charge is -2.37. The molecule has 2 aliphatic heterocycles. The van der Waals surface area contributed by atoms with E-state index in [-0.39, 0.29) is 24.5 Å². The van der Waals surface area contributed by atoms with Gasteiger partial charge in [-0.15, -0.1) is 0 Å². The van der Waals surface area contributed by atoms with E-state index < -0.39 is 23.9 Å². The van der Waals surface area contributed by atoms with Crippen molar-refractivity contribution in [3.05, 3.63) is 81.4 Å². The zero-order valence-corrected chi connectivity index (χ0v) is 27.3. The van der Waals surface area contributed by atoms with E-state index in [0.717, 1.165) is 66.7 Å². The Labute approximate surface area is 268 Å². The number of piperidine rings is 1. The molecule has 2 saturated heterocycles. The van der Waals surface area contributed by atoms with Crippen LogP contribution in [0, 0.1) is 31.6 Å². The molecule has 0 radical (unpaired) electrons. The molecule has 0 unspecified atom stereocenters. The highest BCUT2D eigenvalue weighted by molar-refractivity contribution is 6.06. The smallest absolute Gasteiger partial charge is 0.234 e. The highest BCUT2D eigenvalue weighted by atomic mass is 16.3. The number of aliphatic hydroxyl groups excluding tert-OH is 2. The molecule has 5 rings (SSSR count). The number of carbonyl (C=O) groups excluding carboxylic acids is 2.